The van der Waals surface area contributed by atoms with E-state index < -0.39 is 11.8 Å². The lowest BCUT2D eigenvalue weighted by atomic mass is 9.88. The molecule has 1 aliphatic heterocycles. The van der Waals surface area contributed by atoms with Gasteiger partial charge in [0, 0.05) is 19.4 Å². The Labute approximate surface area is 90.2 Å². The molecule has 0 aromatic rings. The van der Waals surface area contributed by atoms with Crippen LogP contribution in [-0.4, -0.2) is 32.1 Å². The van der Waals surface area contributed by atoms with E-state index in [1.54, 1.807) is 0 Å². The minimum absolute atomic E-state index is 0.106. The summed E-state index contributed by atoms with van der Waals surface area (Å²) in [4.78, 5) is 11.6. The van der Waals surface area contributed by atoms with Crippen LogP contribution in [-0.2, 0) is 19.0 Å². The fraction of sp³-hybridized carbons (Fsp3) is 0.727. The van der Waals surface area contributed by atoms with Crippen LogP contribution in [0.3, 0.4) is 0 Å². The van der Waals surface area contributed by atoms with Gasteiger partial charge >= 0.3 is 5.97 Å². The highest BCUT2D eigenvalue weighted by Gasteiger charge is 2.48. The summed E-state index contributed by atoms with van der Waals surface area (Å²) >= 11 is 0. The zero-order valence-corrected chi connectivity index (χ0v) is 9.70. The highest BCUT2D eigenvalue weighted by molar-refractivity contribution is 5.78. The van der Waals surface area contributed by atoms with Crippen molar-refractivity contribution in [3.8, 4) is 0 Å². The highest BCUT2D eigenvalue weighted by Crippen LogP contribution is 2.36. The molecule has 0 aromatic carbocycles. The molecule has 0 N–H and O–H groups in total. The molecule has 0 aromatic heterocycles. The maximum atomic E-state index is 11.6. The van der Waals surface area contributed by atoms with Gasteiger partial charge in [-0.25, -0.2) is 4.79 Å². The van der Waals surface area contributed by atoms with Crippen LogP contribution < -0.4 is 0 Å². The minimum Gasteiger partial charge on any atom is -0.465 e. The summed E-state index contributed by atoms with van der Waals surface area (Å²) in [7, 11) is 2.75. The molecular weight excluding hydrogens is 196 g/mol. The second-order valence-electron chi connectivity index (χ2n) is 3.90. The molecule has 4 heteroatoms. The van der Waals surface area contributed by atoms with Gasteiger partial charge in [0.05, 0.1) is 13.2 Å². The Morgan fingerprint density at radius 3 is 2.53 bits per heavy atom. The SMILES string of the molecule is C=C1C[C@](OC)(C(=O)OC)O[C@H](C)[C@@H]1C. The van der Waals surface area contributed by atoms with Crippen LogP contribution in [0.4, 0.5) is 0 Å². The van der Waals surface area contributed by atoms with Gasteiger partial charge in [-0.05, 0) is 6.92 Å². The lowest BCUT2D eigenvalue weighted by Crippen LogP contribution is -2.51. The van der Waals surface area contributed by atoms with Crippen LogP contribution in [0, 0.1) is 5.92 Å². The third kappa shape index (κ3) is 2.06. The summed E-state index contributed by atoms with van der Waals surface area (Å²) in [5.74, 6) is -1.60. The van der Waals surface area contributed by atoms with E-state index in [1.807, 2.05) is 13.8 Å². The molecule has 1 rings (SSSR count). The number of carbonyl (C=O) groups is 1. The average molecular weight is 214 g/mol. The number of ether oxygens (including phenoxy) is 3. The van der Waals surface area contributed by atoms with Crippen LogP contribution in [0.25, 0.3) is 0 Å². The molecule has 3 atom stereocenters. The first kappa shape index (κ1) is 12.2. The van der Waals surface area contributed by atoms with Gasteiger partial charge < -0.3 is 14.2 Å². The summed E-state index contributed by atoms with van der Waals surface area (Å²) < 4.78 is 15.4. The van der Waals surface area contributed by atoms with Crippen molar-refractivity contribution in [1.82, 2.24) is 0 Å². The number of hydrogen-bond donors (Lipinski definition) is 0. The average Bonchev–Trinajstić information content (AvgIpc) is 2.24. The van der Waals surface area contributed by atoms with Gasteiger partial charge in [-0.3, -0.25) is 0 Å². The van der Waals surface area contributed by atoms with Crippen molar-refractivity contribution in [2.75, 3.05) is 14.2 Å². The fourth-order valence-corrected chi connectivity index (χ4v) is 1.72. The van der Waals surface area contributed by atoms with Gasteiger partial charge in [-0.15, -0.1) is 0 Å². The van der Waals surface area contributed by atoms with Crippen molar-refractivity contribution in [2.24, 2.45) is 5.92 Å². The molecule has 86 valence electrons. The quantitative estimate of drug-likeness (QED) is 0.516. The molecule has 0 bridgehead atoms. The lowest BCUT2D eigenvalue weighted by Gasteiger charge is -2.40. The second kappa shape index (κ2) is 4.33. The Morgan fingerprint density at radius 1 is 1.53 bits per heavy atom. The van der Waals surface area contributed by atoms with Gasteiger partial charge in [0.2, 0.25) is 0 Å². The molecule has 0 radical (unpaired) electrons. The van der Waals surface area contributed by atoms with Gasteiger partial charge in [-0.2, -0.15) is 0 Å². The first-order valence-corrected chi connectivity index (χ1v) is 4.96. The molecule has 1 heterocycles. The third-order valence-corrected chi connectivity index (χ3v) is 3.01. The predicted molar refractivity (Wildman–Crippen MR) is 55.2 cm³/mol. The molecule has 0 spiro atoms. The number of methoxy groups -OCH3 is 2. The van der Waals surface area contributed by atoms with Crippen LogP contribution in [0.15, 0.2) is 12.2 Å². The molecule has 0 unspecified atom stereocenters. The van der Waals surface area contributed by atoms with Crippen molar-refractivity contribution in [3.63, 3.8) is 0 Å². The van der Waals surface area contributed by atoms with E-state index in [1.165, 1.54) is 14.2 Å². The summed E-state index contributed by atoms with van der Waals surface area (Å²) in [6, 6.07) is 0. The zero-order chi connectivity index (χ0) is 11.6. The van der Waals surface area contributed by atoms with Crippen LogP contribution in [0.5, 0.6) is 0 Å². The molecule has 0 aliphatic carbocycles. The fourth-order valence-electron chi connectivity index (χ4n) is 1.72. The van der Waals surface area contributed by atoms with Gasteiger partial charge in [0.15, 0.2) is 0 Å². The first-order valence-electron chi connectivity index (χ1n) is 4.96. The van der Waals surface area contributed by atoms with Crippen LogP contribution in [0.1, 0.15) is 20.3 Å². The molecular formula is C11H18O4. The molecule has 0 amide bonds. The summed E-state index contributed by atoms with van der Waals surface area (Å²) in [6.45, 7) is 7.85. The van der Waals surface area contributed by atoms with Crippen molar-refractivity contribution >= 4 is 5.97 Å². The minimum atomic E-state index is -1.31. The number of rotatable bonds is 2. The Balaban J connectivity index is 2.93. The number of carbonyl (C=O) groups excluding carboxylic acids is 1. The van der Waals surface area contributed by atoms with E-state index >= 15 is 0 Å². The topological polar surface area (TPSA) is 44.8 Å². The first-order chi connectivity index (χ1) is 6.96. The van der Waals surface area contributed by atoms with Gasteiger partial charge in [0.1, 0.15) is 0 Å². The molecule has 0 saturated carbocycles. The Kier molecular flexibility index (Phi) is 3.52. The summed E-state index contributed by atoms with van der Waals surface area (Å²) in [6.07, 6.45) is 0.243. The smallest absolute Gasteiger partial charge is 0.366 e. The summed E-state index contributed by atoms with van der Waals surface area (Å²) in [5, 5.41) is 0. The Bertz CT molecular complexity index is 274. The third-order valence-electron chi connectivity index (χ3n) is 3.01. The van der Waals surface area contributed by atoms with Crippen molar-refractivity contribution in [3.05, 3.63) is 12.2 Å². The monoisotopic (exact) mass is 214 g/mol. The van der Waals surface area contributed by atoms with Crippen molar-refractivity contribution in [2.45, 2.75) is 32.2 Å². The molecule has 4 nitrogen and oxygen atoms in total. The molecule has 1 aliphatic rings. The van der Waals surface area contributed by atoms with Crippen LogP contribution >= 0.6 is 0 Å². The second-order valence-corrected chi connectivity index (χ2v) is 3.90. The molecule has 1 fully saturated rings. The lowest BCUT2D eigenvalue weighted by molar-refractivity contribution is -0.264. The number of esters is 1. The zero-order valence-electron chi connectivity index (χ0n) is 9.70. The predicted octanol–water partition coefficient (Wildman–Crippen LogP) is 1.50. The molecule has 1 saturated heterocycles. The van der Waals surface area contributed by atoms with Gasteiger partial charge in [0.25, 0.3) is 5.79 Å². The number of hydrogen-bond acceptors (Lipinski definition) is 4. The van der Waals surface area contributed by atoms with E-state index in [2.05, 4.69) is 11.3 Å². The van der Waals surface area contributed by atoms with Crippen molar-refractivity contribution in [1.29, 1.82) is 0 Å². The van der Waals surface area contributed by atoms with E-state index in [0.29, 0.717) is 6.42 Å². The molecule has 15 heavy (non-hydrogen) atoms. The maximum absolute atomic E-state index is 11.6. The van der Waals surface area contributed by atoms with E-state index in [9.17, 15) is 4.79 Å². The van der Waals surface area contributed by atoms with E-state index in [4.69, 9.17) is 9.47 Å². The van der Waals surface area contributed by atoms with E-state index in [-0.39, 0.29) is 12.0 Å². The maximum Gasteiger partial charge on any atom is 0.366 e. The Morgan fingerprint density at radius 2 is 2.13 bits per heavy atom. The summed E-state index contributed by atoms with van der Waals surface area (Å²) in [5.41, 5.74) is 0.945. The van der Waals surface area contributed by atoms with Crippen molar-refractivity contribution < 1.29 is 19.0 Å². The normalized spacial score (nSPS) is 36.4. The highest BCUT2D eigenvalue weighted by atomic mass is 16.7. The van der Waals surface area contributed by atoms with Gasteiger partial charge in [-0.1, -0.05) is 19.1 Å². The van der Waals surface area contributed by atoms with E-state index in [0.717, 1.165) is 5.57 Å². The Hall–Kier alpha value is -0.870. The standard InChI is InChI=1S/C11H18O4/c1-7-6-11(14-5,10(12)13-4)15-9(3)8(7)2/h8-9H,1,6H2,2-5H3/t8-,9-,11-/m1/s1. The largest absolute Gasteiger partial charge is 0.465 e. The van der Waals surface area contributed by atoms with Crippen LogP contribution in [0.2, 0.25) is 0 Å².